The van der Waals surface area contributed by atoms with Gasteiger partial charge in [0.15, 0.2) is 6.23 Å². The lowest BCUT2D eigenvalue weighted by atomic mass is 9.32. The predicted octanol–water partition coefficient (Wildman–Crippen LogP) is 4.30. The Kier molecular flexibility index (Phi) is 9.96. The Bertz CT molecular complexity index is 1340. The number of hydroxylamine groups is 2. The summed E-state index contributed by atoms with van der Waals surface area (Å²) < 4.78 is 11.8. The third-order valence-electron chi connectivity index (χ3n) is 16.4. The Morgan fingerprint density at radius 2 is 1.56 bits per heavy atom. The summed E-state index contributed by atoms with van der Waals surface area (Å²) in [6, 6.07) is 0. The van der Waals surface area contributed by atoms with Gasteiger partial charge in [0.25, 0.3) is 0 Å². The molecule has 1 aliphatic heterocycles. The smallest absolute Gasteiger partial charge is 0.323 e. The van der Waals surface area contributed by atoms with Crippen LogP contribution in [-0.2, 0) is 23.9 Å². The van der Waals surface area contributed by atoms with Gasteiger partial charge in [0.1, 0.15) is 37.1 Å². The molecule has 0 aromatic rings. The number of ether oxygens (including phenoxy) is 2. The van der Waals surface area contributed by atoms with Crippen molar-refractivity contribution in [1.82, 2.24) is 5.06 Å². The maximum absolute atomic E-state index is 13.5. The Balaban J connectivity index is 1.19. The van der Waals surface area contributed by atoms with Crippen molar-refractivity contribution in [2.75, 3.05) is 20.3 Å². The number of fused-ring (bicyclic) bond motifs is 7. The zero-order chi connectivity index (χ0) is 36.8. The summed E-state index contributed by atoms with van der Waals surface area (Å²) in [7, 11) is 1.32. The van der Waals surface area contributed by atoms with Crippen molar-refractivity contribution in [1.29, 1.82) is 0 Å². The van der Waals surface area contributed by atoms with Gasteiger partial charge >= 0.3 is 11.9 Å². The molecule has 5 aliphatic carbocycles. The minimum absolute atomic E-state index is 0.0348. The van der Waals surface area contributed by atoms with Crippen LogP contribution in [-0.4, -0.2) is 99.5 Å². The first-order chi connectivity index (χ1) is 23.3. The third kappa shape index (κ3) is 5.37. The molecule has 5 saturated carbocycles. The normalized spacial score (nSPS) is 49.6. The molecule has 0 amide bonds. The number of aliphatic carboxylic acids is 1. The molecule has 5 N–H and O–H groups in total. The fourth-order valence-electron chi connectivity index (χ4n) is 13.6. The number of rotatable bonds is 8. The van der Waals surface area contributed by atoms with Gasteiger partial charge in [0.05, 0.1) is 19.1 Å². The molecule has 0 bridgehead atoms. The average Bonchev–Trinajstić information content (AvgIpc) is 3.46. The molecule has 11 nitrogen and oxygen atoms in total. The van der Waals surface area contributed by atoms with Gasteiger partial charge in [-0.1, -0.05) is 46.8 Å². The fourth-order valence-corrected chi connectivity index (χ4v) is 13.6. The molecule has 284 valence electrons. The minimum Gasteiger partial charge on any atom is -0.481 e. The molecule has 1 heterocycles. The molecule has 0 spiro atoms. The summed E-state index contributed by atoms with van der Waals surface area (Å²) in [5, 5.41) is 52.4. The second kappa shape index (κ2) is 13.1. The van der Waals surface area contributed by atoms with Crippen molar-refractivity contribution in [3.05, 3.63) is 12.2 Å². The number of nitrogens with zero attached hydrogens (tertiary/aromatic N) is 1. The van der Waals surface area contributed by atoms with E-state index in [0.29, 0.717) is 24.2 Å². The summed E-state index contributed by atoms with van der Waals surface area (Å²) >= 11 is 0. The van der Waals surface area contributed by atoms with Crippen molar-refractivity contribution in [2.24, 2.45) is 56.7 Å². The van der Waals surface area contributed by atoms with Crippen LogP contribution in [0.4, 0.5) is 0 Å². The van der Waals surface area contributed by atoms with Gasteiger partial charge in [-0.2, -0.15) is 0 Å². The van der Waals surface area contributed by atoms with Crippen molar-refractivity contribution in [3.8, 4) is 0 Å². The Morgan fingerprint density at radius 3 is 2.18 bits per heavy atom. The van der Waals surface area contributed by atoms with E-state index in [9.17, 15) is 35.1 Å². The van der Waals surface area contributed by atoms with Crippen LogP contribution >= 0.6 is 0 Å². The van der Waals surface area contributed by atoms with Crippen LogP contribution in [0.15, 0.2) is 12.2 Å². The fraction of sp³-hybridized carbons (Fsp3) is 0.897. The SMILES string of the molecule is C=C(C)[C@@H]1CC[C@]2(C(=O)O)CC[C@]3(C)[C@H](CC[C@@H]4[C@@]5(C)CC[C@H](OC(=O)CN(OC)C6O[C@@H](CO)[C@H](O)[C@@H](O)[C@@H]6O)C(C)(C)[C@@H]5CC[C@]43C)[C@@H]12. The molecule has 1 saturated heterocycles. The van der Waals surface area contributed by atoms with Crippen molar-refractivity contribution in [2.45, 2.75) is 142 Å². The van der Waals surface area contributed by atoms with E-state index in [4.69, 9.17) is 14.3 Å². The van der Waals surface area contributed by atoms with Gasteiger partial charge < -0.3 is 35.0 Å². The number of carboxylic acid groups (broad SMARTS) is 1. The van der Waals surface area contributed by atoms with Crippen molar-refractivity contribution < 1.29 is 49.4 Å². The Labute approximate surface area is 297 Å². The van der Waals surface area contributed by atoms with E-state index in [1.165, 1.54) is 7.11 Å². The lowest BCUT2D eigenvalue weighted by molar-refractivity contribution is -0.327. The average molecular weight is 706 g/mol. The number of carboxylic acids is 1. The largest absolute Gasteiger partial charge is 0.481 e. The van der Waals surface area contributed by atoms with E-state index in [0.717, 1.165) is 68.4 Å². The van der Waals surface area contributed by atoms with E-state index in [1.54, 1.807) is 0 Å². The highest BCUT2D eigenvalue weighted by molar-refractivity contribution is 5.76. The summed E-state index contributed by atoms with van der Waals surface area (Å²) in [6.45, 7) is 17.5. The number of carbonyl (C=O) groups excluding carboxylic acids is 1. The van der Waals surface area contributed by atoms with E-state index < -0.39 is 54.6 Å². The molecule has 6 aliphatic rings. The maximum atomic E-state index is 13.5. The van der Waals surface area contributed by atoms with E-state index >= 15 is 0 Å². The Morgan fingerprint density at radius 1 is 0.860 bits per heavy atom. The van der Waals surface area contributed by atoms with Crippen LogP contribution in [0.1, 0.15) is 106 Å². The second-order valence-corrected chi connectivity index (χ2v) is 18.5. The molecule has 0 aromatic carbocycles. The molecule has 15 atom stereocenters. The lowest BCUT2D eigenvalue weighted by Crippen LogP contribution is -2.67. The van der Waals surface area contributed by atoms with Crippen LogP contribution in [0, 0.1) is 56.7 Å². The Hall–Kier alpha value is -1.60. The summed E-state index contributed by atoms with van der Waals surface area (Å²) in [6.07, 6.45) is 1.79. The van der Waals surface area contributed by atoms with E-state index in [1.807, 2.05) is 0 Å². The number of esters is 1. The highest BCUT2D eigenvalue weighted by Gasteiger charge is 2.72. The molecule has 1 unspecified atom stereocenters. The first-order valence-electron chi connectivity index (χ1n) is 19.0. The number of allylic oxidation sites excluding steroid dienone is 1. The van der Waals surface area contributed by atoms with Crippen LogP contribution in [0.5, 0.6) is 0 Å². The quantitative estimate of drug-likeness (QED) is 0.139. The lowest BCUT2D eigenvalue weighted by Gasteiger charge is -2.72. The zero-order valence-corrected chi connectivity index (χ0v) is 31.3. The second-order valence-electron chi connectivity index (χ2n) is 18.5. The first-order valence-corrected chi connectivity index (χ1v) is 19.0. The van der Waals surface area contributed by atoms with Crippen molar-refractivity contribution in [3.63, 3.8) is 0 Å². The van der Waals surface area contributed by atoms with E-state index in [2.05, 4.69) is 48.1 Å². The number of hydrogen-bond donors (Lipinski definition) is 5. The third-order valence-corrected chi connectivity index (χ3v) is 16.4. The molecule has 6 rings (SSSR count). The molecule has 50 heavy (non-hydrogen) atoms. The topological polar surface area (TPSA) is 166 Å². The zero-order valence-electron chi connectivity index (χ0n) is 31.3. The minimum atomic E-state index is -1.59. The van der Waals surface area contributed by atoms with Gasteiger partial charge in [-0.25, -0.2) is 0 Å². The number of carbonyl (C=O) groups is 2. The highest BCUT2D eigenvalue weighted by atomic mass is 16.7. The predicted molar refractivity (Wildman–Crippen MR) is 184 cm³/mol. The monoisotopic (exact) mass is 705 g/mol. The van der Waals surface area contributed by atoms with Crippen LogP contribution in [0.3, 0.4) is 0 Å². The first kappa shape index (κ1) is 38.1. The number of aliphatic hydroxyl groups excluding tert-OH is 4. The summed E-state index contributed by atoms with van der Waals surface area (Å²) in [5.41, 5.74) is 0.327. The molecule has 0 aromatic heterocycles. The van der Waals surface area contributed by atoms with Crippen LogP contribution in [0.2, 0.25) is 0 Å². The van der Waals surface area contributed by atoms with E-state index in [-0.39, 0.29) is 46.1 Å². The number of hydrogen-bond acceptors (Lipinski definition) is 10. The maximum Gasteiger partial charge on any atom is 0.323 e. The highest BCUT2D eigenvalue weighted by Crippen LogP contribution is 2.77. The molecule has 11 heteroatoms. The van der Waals surface area contributed by atoms with Gasteiger partial charge in [0.2, 0.25) is 0 Å². The van der Waals surface area contributed by atoms with Crippen LogP contribution in [0.25, 0.3) is 0 Å². The molecular weight excluding hydrogens is 642 g/mol. The van der Waals surface area contributed by atoms with Crippen molar-refractivity contribution >= 4 is 11.9 Å². The standard InChI is InChI=1S/C39H63NO10/c1-21(2)22-11-16-39(34(46)47)18-17-37(6)23(29(22)39)9-10-26-36(5)14-13-27(35(3,4)25(36)12-15-38(26,37)7)50-28(42)19-40(48-8)33-32(45)31(44)30(43)24(20-41)49-33/h22-27,29-33,41,43-45H,1,9-20H2,2-8H3,(H,46,47)/t22-,23+,24-,25-,26+,27-,29+,30-,31+,32-,33?,36-,37+,38+,39-/m0/s1. The summed E-state index contributed by atoms with van der Waals surface area (Å²) in [4.78, 5) is 31.8. The van der Waals surface area contributed by atoms with Gasteiger partial charge in [0, 0.05) is 5.41 Å². The molecular formula is C39H63NO10. The summed E-state index contributed by atoms with van der Waals surface area (Å²) in [5.74, 6) is 0.404. The molecule has 6 fully saturated rings. The number of aliphatic hydroxyl groups is 4. The van der Waals surface area contributed by atoms with Gasteiger partial charge in [-0.05, 0) is 117 Å². The van der Waals surface area contributed by atoms with Crippen LogP contribution < -0.4 is 0 Å². The van der Waals surface area contributed by atoms with Gasteiger partial charge in [-0.3, -0.25) is 14.4 Å². The van der Waals surface area contributed by atoms with Gasteiger partial charge in [-0.15, -0.1) is 5.06 Å². The molecule has 0 radical (unpaired) electrons.